The molecule has 4 atom stereocenters. The van der Waals surface area contributed by atoms with Gasteiger partial charge in [0.15, 0.2) is 0 Å². The lowest BCUT2D eigenvalue weighted by Crippen LogP contribution is -2.40. The molecule has 1 aromatic rings. The topological polar surface area (TPSA) is 99.4 Å². The maximum absolute atomic E-state index is 12.7. The number of amides is 1. The van der Waals surface area contributed by atoms with Gasteiger partial charge in [0, 0.05) is 4.88 Å². The van der Waals surface area contributed by atoms with Gasteiger partial charge >= 0.3 is 5.97 Å². The molecule has 1 aromatic heterocycles. The molecule has 0 radical (unpaired) electrons. The van der Waals surface area contributed by atoms with Crippen LogP contribution < -0.4 is 5.32 Å². The highest BCUT2D eigenvalue weighted by Gasteiger charge is 2.55. The maximum Gasteiger partial charge on any atom is 0.310 e. The molecule has 1 aliphatic carbocycles. The van der Waals surface area contributed by atoms with E-state index in [9.17, 15) is 20.0 Å². The number of nitrogens with one attached hydrogen (secondary N) is 1. The number of carboxylic acid groups (broad SMARTS) is 1. The normalized spacial score (nSPS) is 30.6. The van der Waals surface area contributed by atoms with E-state index in [-0.39, 0.29) is 18.1 Å². The number of aliphatic carboxylic acids is 1. The van der Waals surface area contributed by atoms with Crippen molar-refractivity contribution in [3.8, 4) is 6.07 Å². The molecule has 2 bridgehead atoms. The third-order valence-electron chi connectivity index (χ3n) is 5.38. The fraction of sp³-hybridized carbons (Fsp3) is 0.588. The van der Waals surface area contributed by atoms with E-state index < -0.39 is 17.8 Å². The van der Waals surface area contributed by atoms with Gasteiger partial charge in [-0.15, -0.1) is 11.3 Å². The van der Waals surface area contributed by atoms with Crippen LogP contribution in [0.2, 0.25) is 0 Å². The lowest BCUT2D eigenvalue weighted by atomic mass is 9.78. The summed E-state index contributed by atoms with van der Waals surface area (Å²) < 4.78 is 5.65. The Balaban J connectivity index is 1.60. The minimum Gasteiger partial charge on any atom is -0.481 e. The Morgan fingerprint density at radius 3 is 2.62 bits per heavy atom. The third-order valence-corrected chi connectivity index (χ3v) is 6.59. The third kappa shape index (κ3) is 2.33. The lowest BCUT2D eigenvalue weighted by molar-refractivity contribution is -0.147. The first-order valence-electron chi connectivity index (χ1n) is 8.34. The summed E-state index contributed by atoms with van der Waals surface area (Å²) in [4.78, 5) is 25.4. The number of anilines is 1. The van der Waals surface area contributed by atoms with Gasteiger partial charge in [-0.2, -0.15) is 5.26 Å². The zero-order valence-corrected chi connectivity index (χ0v) is 13.9. The van der Waals surface area contributed by atoms with Crippen LogP contribution >= 0.6 is 11.3 Å². The van der Waals surface area contributed by atoms with Gasteiger partial charge < -0.3 is 15.2 Å². The van der Waals surface area contributed by atoms with E-state index in [1.807, 2.05) is 0 Å². The summed E-state index contributed by atoms with van der Waals surface area (Å²) >= 11 is 1.46. The number of carboxylic acids is 1. The van der Waals surface area contributed by atoms with Crippen LogP contribution in [0.1, 0.15) is 41.7 Å². The smallest absolute Gasteiger partial charge is 0.310 e. The number of carbonyl (C=O) groups excluding carboxylic acids is 1. The fourth-order valence-corrected chi connectivity index (χ4v) is 5.53. The van der Waals surface area contributed by atoms with Crippen molar-refractivity contribution in [3.63, 3.8) is 0 Å². The predicted octanol–water partition coefficient (Wildman–Crippen LogP) is 2.32. The van der Waals surface area contributed by atoms with Crippen molar-refractivity contribution in [1.82, 2.24) is 0 Å². The number of hydrogen-bond donors (Lipinski definition) is 2. The lowest BCUT2D eigenvalue weighted by Gasteiger charge is -2.23. The Morgan fingerprint density at radius 1 is 1.21 bits per heavy atom. The first-order chi connectivity index (χ1) is 11.6. The van der Waals surface area contributed by atoms with E-state index in [1.54, 1.807) is 0 Å². The summed E-state index contributed by atoms with van der Waals surface area (Å²) in [6, 6.07) is 2.22. The van der Waals surface area contributed by atoms with Crippen LogP contribution in [0.4, 0.5) is 5.00 Å². The number of aryl methyl sites for hydroxylation is 1. The first kappa shape index (κ1) is 15.6. The molecule has 3 aliphatic rings. The van der Waals surface area contributed by atoms with Gasteiger partial charge in [0.1, 0.15) is 11.1 Å². The fourth-order valence-electron chi connectivity index (χ4n) is 4.29. The Morgan fingerprint density at radius 2 is 1.92 bits per heavy atom. The van der Waals surface area contributed by atoms with Crippen molar-refractivity contribution in [3.05, 3.63) is 16.0 Å². The van der Waals surface area contributed by atoms with Crippen molar-refractivity contribution >= 4 is 28.2 Å². The molecule has 0 unspecified atom stereocenters. The molecule has 126 valence electrons. The zero-order chi connectivity index (χ0) is 16.8. The molecule has 1 amide bonds. The van der Waals surface area contributed by atoms with Crippen molar-refractivity contribution in [2.45, 2.75) is 50.7 Å². The average molecular weight is 346 g/mol. The highest BCUT2D eigenvalue weighted by molar-refractivity contribution is 7.16. The molecular weight excluding hydrogens is 328 g/mol. The molecule has 6 nitrogen and oxygen atoms in total. The van der Waals surface area contributed by atoms with E-state index in [2.05, 4.69) is 11.4 Å². The van der Waals surface area contributed by atoms with Crippen LogP contribution in [0.15, 0.2) is 0 Å². The Hall–Kier alpha value is -1.91. The van der Waals surface area contributed by atoms with Crippen molar-refractivity contribution in [1.29, 1.82) is 5.26 Å². The monoisotopic (exact) mass is 346 g/mol. The molecule has 2 aliphatic heterocycles. The van der Waals surface area contributed by atoms with E-state index in [4.69, 9.17) is 4.74 Å². The van der Waals surface area contributed by atoms with Crippen LogP contribution in [-0.2, 0) is 27.2 Å². The number of ether oxygens (including phenoxy) is 1. The number of thiophene rings is 1. The van der Waals surface area contributed by atoms with Gasteiger partial charge in [-0.05, 0) is 44.1 Å². The average Bonchev–Trinajstić information content (AvgIpc) is 3.26. The summed E-state index contributed by atoms with van der Waals surface area (Å²) in [5.41, 5.74) is 1.61. The Kier molecular flexibility index (Phi) is 3.82. The minimum atomic E-state index is -0.978. The van der Waals surface area contributed by atoms with Gasteiger partial charge in [0.25, 0.3) is 0 Å². The number of hydrogen-bond acceptors (Lipinski definition) is 5. The SMILES string of the molecule is N#Cc1c(NC(=O)[C@@H]2[C@@H](C(=O)O)[C@H]3CC[C@@H]2O3)sc2c1CCCC2. The molecule has 0 saturated carbocycles. The number of fused-ring (bicyclic) bond motifs is 3. The highest BCUT2D eigenvalue weighted by atomic mass is 32.1. The second kappa shape index (κ2) is 5.87. The second-order valence-corrected chi connectivity index (χ2v) is 7.80. The van der Waals surface area contributed by atoms with Gasteiger partial charge in [-0.25, -0.2) is 0 Å². The summed E-state index contributed by atoms with van der Waals surface area (Å²) in [6.07, 6.45) is 4.71. The van der Waals surface area contributed by atoms with Crippen LogP contribution in [0.3, 0.4) is 0 Å². The first-order valence-corrected chi connectivity index (χ1v) is 9.15. The summed E-state index contributed by atoms with van der Waals surface area (Å²) in [6.45, 7) is 0. The summed E-state index contributed by atoms with van der Waals surface area (Å²) in [5, 5.41) is 22.3. The van der Waals surface area contributed by atoms with Crippen LogP contribution in [0.5, 0.6) is 0 Å². The van der Waals surface area contributed by atoms with Crippen LogP contribution in [0.25, 0.3) is 0 Å². The number of carbonyl (C=O) groups is 2. The van der Waals surface area contributed by atoms with Crippen molar-refractivity contribution in [2.24, 2.45) is 11.8 Å². The summed E-state index contributed by atoms with van der Waals surface area (Å²) in [7, 11) is 0. The highest BCUT2D eigenvalue weighted by Crippen LogP contribution is 2.45. The van der Waals surface area contributed by atoms with Crippen molar-refractivity contribution < 1.29 is 19.4 Å². The standard InChI is InChI=1S/C17H18N2O4S/c18-7-9-8-3-1-2-4-12(8)24-16(9)19-15(20)13-10-5-6-11(23-10)14(13)17(21)22/h10-11,13-14H,1-6H2,(H,19,20)(H,21,22)/t10-,11+,13-,14-/m0/s1. The van der Waals surface area contributed by atoms with E-state index in [0.29, 0.717) is 17.0 Å². The number of nitrogens with zero attached hydrogens (tertiary/aromatic N) is 1. The Labute approximate surface area is 143 Å². The van der Waals surface area contributed by atoms with Gasteiger partial charge in [-0.3, -0.25) is 9.59 Å². The molecular formula is C17H18N2O4S. The van der Waals surface area contributed by atoms with Gasteiger partial charge in [-0.1, -0.05) is 0 Å². The molecule has 24 heavy (non-hydrogen) atoms. The maximum atomic E-state index is 12.7. The molecule has 7 heteroatoms. The van der Waals surface area contributed by atoms with Gasteiger partial charge in [0.05, 0.1) is 29.6 Å². The molecule has 3 heterocycles. The largest absolute Gasteiger partial charge is 0.481 e. The summed E-state index contributed by atoms with van der Waals surface area (Å²) in [5.74, 6) is -2.77. The molecule has 0 aromatic carbocycles. The minimum absolute atomic E-state index is 0.323. The molecule has 2 N–H and O–H groups in total. The number of rotatable bonds is 3. The quantitative estimate of drug-likeness (QED) is 0.875. The molecule has 2 saturated heterocycles. The van der Waals surface area contributed by atoms with Crippen molar-refractivity contribution in [2.75, 3.05) is 5.32 Å². The van der Waals surface area contributed by atoms with Gasteiger partial charge in [0.2, 0.25) is 5.91 Å². The van der Waals surface area contributed by atoms with E-state index in [1.165, 1.54) is 16.2 Å². The molecule has 0 spiro atoms. The van der Waals surface area contributed by atoms with Crippen LogP contribution in [-0.4, -0.2) is 29.2 Å². The predicted molar refractivity (Wildman–Crippen MR) is 86.8 cm³/mol. The molecule has 4 rings (SSSR count). The zero-order valence-electron chi connectivity index (χ0n) is 13.1. The second-order valence-electron chi connectivity index (χ2n) is 6.70. The van der Waals surface area contributed by atoms with E-state index >= 15 is 0 Å². The van der Waals surface area contributed by atoms with Crippen LogP contribution in [0, 0.1) is 23.2 Å². The number of nitriles is 1. The Bertz CT molecular complexity index is 751. The van der Waals surface area contributed by atoms with E-state index in [0.717, 1.165) is 37.7 Å². The molecule has 2 fully saturated rings.